The predicted octanol–water partition coefficient (Wildman–Crippen LogP) is 13.7. The van der Waals surface area contributed by atoms with Crippen molar-refractivity contribution in [1.82, 2.24) is 4.57 Å². The molecule has 52 heavy (non-hydrogen) atoms. The van der Waals surface area contributed by atoms with Crippen LogP contribution in [-0.2, 0) is 10.8 Å². The summed E-state index contributed by atoms with van der Waals surface area (Å²) < 4.78 is 2.48. The van der Waals surface area contributed by atoms with E-state index in [1.54, 1.807) is 0 Å². The van der Waals surface area contributed by atoms with Gasteiger partial charge in [0.1, 0.15) is 0 Å². The molecule has 256 valence electrons. The number of benzene rings is 7. The van der Waals surface area contributed by atoms with Crippen LogP contribution in [0.15, 0.2) is 164 Å². The van der Waals surface area contributed by atoms with Crippen molar-refractivity contribution in [3.63, 3.8) is 0 Å². The van der Waals surface area contributed by atoms with Crippen LogP contribution in [-0.4, -0.2) is 4.57 Å². The number of aryl methyl sites for hydroxylation is 3. The number of aromatic nitrogens is 1. The van der Waals surface area contributed by atoms with E-state index in [0.29, 0.717) is 0 Å². The van der Waals surface area contributed by atoms with Crippen LogP contribution in [0.4, 0.5) is 0 Å². The molecule has 0 fully saturated rings. The third-order valence-corrected chi connectivity index (χ3v) is 11.2. The fraction of sp³-hybridized carbons (Fsp3) is 0.176. The van der Waals surface area contributed by atoms with Gasteiger partial charge < -0.3 is 4.57 Å². The maximum atomic E-state index is 2.48. The van der Waals surface area contributed by atoms with Gasteiger partial charge in [-0.05, 0) is 108 Å². The van der Waals surface area contributed by atoms with Crippen molar-refractivity contribution in [2.45, 2.75) is 58.8 Å². The molecule has 0 spiro atoms. The molecule has 0 saturated carbocycles. The van der Waals surface area contributed by atoms with Gasteiger partial charge >= 0.3 is 0 Å². The fourth-order valence-corrected chi connectivity index (χ4v) is 8.59. The highest BCUT2D eigenvalue weighted by Gasteiger charge is 2.45. The Hall–Kier alpha value is -5.66. The molecule has 0 radical (unpaired) electrons. The van der Waals surface area contributed by atoms with E-state index in [0.717, 1.165) is 6.42 Å². The minimum atomic E-state index is -0.0145. The van der Waals surface area contributed by atoms with E-state index >= 15 is 0 Å². The van der Waals surface area contributed by atoms with Crippen LogP contribution in [0.25, 0.3) is 49.7 Å². The molecule has 1 heteroatoms. The van der Waals surface area contributed by atoms with Gasteiger partial charge in [0, 0.05) is 21.9 Å². The second kappa shape index (κ2) is 13.1. The van der Waals surface area contributed by atoms with E-state index in [1.165, 1.54) is 83.1 Å². The third kappa shape index (κ3) is 6.05. The van der Waals surface area contributed by atoms with Crippen LogP contribution < -0.4 is 0 Å². The van der Waals surface area contributed by atoms with Crippen molar-refractivity contribution in [2.75, 3.05) is 0 Å². The molecule has 0 bridgehead atoms. The van der Waals surface area contributed by atoms with Crippen molar-refractivity contribution >= 4 is 21.8 Å². The molecule has 0 N–H and O–H groups in total. The molecule has 1 nitrogen and oxygen atoms in total. The fourth-order valence-electron chi connectivity index (χ4n) is 8.59. The van der Waals surface area contributed by atoms with Gasteiger partial charge in [-0.25, -0.2) is 0 Å². The molecule has 1 aliphatic carbocycles. The minimum Gasteiger partial charge on any atom is -0.309 e. The summed E-state index contributed by atoms with van der Waals surface area (Å²) in [5, 5.41) is 2.56. The van der Waals surface area contributed by atoms with E-state index in [1.807, 2.05) is 0 Å². The number of hydrogen-bond donors (Lipinski definition) is 0. The molecule has 0 aliphatic heterocycles. The standard InChI is InChI=1S/C43H37N.C8H10/c1-29-12-11-17-34(24-29)43(4)28-42(2,3)39-27-35(20-21-38(39)43)44-40-22-18-32(30-13-7-5-8-14-30)25-36(40)37-26-33(19-23-41(37)44)31-15-9-6-10-16-31;1-7-3-5-8(2)6-4-7/h5-27H,28H2,1-4H3;3-6H,1-2H3. The Morgan fingerprint density at radius 3 is 1.48 bits per heavy atom. The molecule has 1 aromatic heterocycles. The van der Waals surface area contributed by atoms with Crippen LogP contribution in [0.1, 0.15) is 60.6 Å². The zero-order valence-electron chi connectivity index (χ0n) is 31.2. The van der Waals surface area contributed by atoms with Crippen LogP contribution in [0.3, 0.4) is 0 Å². The topological polar surface area (TPSA) is 4.93 Å². The van der Waals surface area contributed by atoms with Crippen LogP contribution in [0.2, 0.25) is 0 Å². The van der Waals surface area contributed by atoms with Gasteiger partial charge in [-0.1, -0.05) is 165 Å². The van der Waals surface area contributed by atoms with Gasteiger partial charge in [0.15, 0.2) is 0 Å². The normalized spacial score (nSPS) is 16.0. The van der Waals surface area contributed by atoms with E-state index in [4.69, 9.17) is 0 Å². The van der Waals surface area contributed by atoms with Crippen LogP contribution in [0, 0.1) is 20.8 Å². The summed E-state index contributed by atoms with van der Waals surface area (Å²) in [4.78, 5) is 0. The molecule has 0 saturated heterocycles. The van der Waals surface area contributed by atoms with E-state index in [2.05, 4.69) is 210 Å². The van der Waals surface area contributed by atoms with Gasteiger partial charge in [0.05, 0.1) is 11.0 Å². The maximum Gasteiger partial charge on any atom is 0.0541 e. The summed E-state index contributed by atoms with van der Waals surface area (Å²) in [5.41, 5.74) is 17.0. The molecule has 0 amide bonds. The number of hydrogen-bond acceptors (Lipinski definition) is 0. The first-order valence-electron chi connectivity index (χ1n) is 18.6. The first-order valence-corrected chi connectivity index (χ1v) is 18.6. The summed E-state index contributed by atoms with van der Waals surface area (Å²) >= 11 is 0. The molecule has 1 atom stereocenters. The Labute approximate surface area is 309 Å². The highest BCUT2D eigenvalue weighted by atomic mass is 15.0. The smallest absolute Gasteiger partial charge is 0.0541 e. The Morgan fingerprint density at radius 1 is 0.423 bits per heavy atom. The largest absolute Gasteiger partial charge is 0.309 e. The second-order valence-electron chi connectivity index (χ2n) is 15.7. The molecule has 1 heterocycles. The predicted molar refractivity (Wildman–Crippen MR) is 223 cm³/mol. The monoisotopic (exact) mass is 673 g/mol. The number of nitrogens with zero attached hydrogens (tertiary/aromatic N) is 1. The van der Waals surface area contributed by atoms with Crippen LogP contribution in [0.5, 0.6) is 0 Å². The molecule has 1 unspecified atom stereocenters. The van der Waals surface area contributed by atoms with Gasteiger partial charge in [-0.3, -0.25) is 0 Å². The second-order valence-corrected chi connectivity index (χ2v) is 15.7. The first-order chi connectivity index (χ1) is 25.1. The molecule has 9 rings (SSSR count). The summed E-state index contributed by atoms with van der Waals surface area (Å²) in [7, 11) is 0. The molecular weight excluding hydrogens is 627 g/mol. The van der Waals surface area contributed by atoms with Crippen molar-refractivity contribution in [1.29, 1.82) is 0 Å². The highest BCUT2D eigenvalue weighted by molar-refractivity contribution is 6.11. The van der Waals surface area contributed by atoms with E-state index in [9.17, 15) is 0 Å². The third-order valence-electron chi connectivity index (χ3n) is 11.2. The maximum absolute atomic E-state index is 2.48. The summed E-state index contributed by atoms with van der Waals surface area (Å²) in [6.07, 6.45) is 1.09. The van der Waals surface area contributed by atoms with Gasteiger partial charge in [-0.2, -0.15) is 0 Å². The van der Waals surface area contributed by atoms with E-state index < -0.39 is 0 Å². The Bertz CT molecular complexity index is 2420. The zero-order chi connectivity index (χ0) is 36.0. The molecule has 7 aromatic carbocycles. The number of fused-ring (bicyclic) bond motifs is 4. The van der Waals surface area contributed by atoms with Gasteiger partial charge in [0.25, 0.3) is 0 Å². The minimum absolute atomic E-state index is 0.0145. The molecular formula is C51H47N. The van der Waals surface area contributed by atoms with Gasteiger partial charge in [0.2, 0.25) is 0 Å². The summed E-state index contributed by atoms with van der Waals surface area (Å²) in [6, 6.07) is 60.2. The average Bonchev–Trinajstić information content (AvgIpc) is 3.60. The first kappa shape index (κ1) is 33.5. The van der Waals surface area contributed by atoms with E-state index in [-0.39, 0.29) is 10.8 Å². The lowest BCUT2D eigenvalue weighted by molar-refractivity contribution is 0.425. The van der Waals surface area contributed by atoms with Crippen molar-refractivity contribution in [3.8, 4) is 27.9 Å². The summed E-state index contributed by atoms with van der Waals surface area (Å²) in [5.74, 6) is 0. The lowest BCUT2D eigenvalue weighted by atomic mass is 9.75. The molecule has 8 aromatic rings. The van der Waals surface area contributed by atoms with Gasteiger partial charge in [-0.15, -0.1) is 0 Å². The number of rotatable bonds is 4. The van der Waals surface area contributed by atoms with Crippen LogP contribution >= 0.6 is 0 Å². The lowest BCUT2D eigenvalue weighted by Gasteiger charge is -2.28. The Morgan fingerprint density at radius 2 is 0.962 bits per heavy atom. The average molecular weight is 674 g/mol. The summed E-state index contributed by atoms with van der Waals surface area (Å²) in [6.45, 7) is 13.7. The van der Waals surface area contributed by atoms with Crippen molar-refractivity contribution < 1.29 is 0 Å². The highest BCUT2D eigenvalue weighted by Crippen LogP contribution is 2.53. The SMILES string of the molecule is Cc1ccc(C)cc1.Cc1cccc(C2(C)CC(C)(C)c3cc(-n4c5ccc(-c6ccccc6)cc5c5cc(-c6ccccc6)ccc54)ccc32)c1. The van der Waals surface area contributed by atoms with Crippen molar-refractivity contribution in [3.05, 3.63) is 197 Å². The Balaban J connectivity index is 0.000000430. The quantitative estimate of drug-likeness (QED) is 0.175. The van der Waals surface area contributed by atoms with Crippen molar-refractivity contribution in [2.24, 2.45) is 0 Å². The zero-order valence-corrected chi connectivity index (χ0v) is 31.2. The molecule has 1 aliphatic rings. The lowest BCUT2D eigenvalue weighted by Crippen LogP contribution is -2.23. The Kier molecular flexibility index (Phi) is 8.47.